The number of aliphatic hydroxyl groups excluding tert-OH is 1. The number of rotatable bonds is 5. The molecule has 6 heteroatoms. The lowest BCUT2D eigenvalue weighted by atomic mass is 10.2. The number of ether oxygens (including phenoxy) is 1. The van der Waals surface area contributed by atoms with Crippen LogP contribution in [0.4, 0.5) is 5.69 Å². The molecule has 0 saturated heterocycles. The summed E-state index contributed by atoms with van der Waals surface area (Å²) in [6, 6.07) is 0. The van der Waals surface area contributed by atoms with E-state index in [1.54, 1.807) is 13.1 Å². The number of carbonyl (C=O) groups is 1. The Morgan fingerprint density at radius 1 is 1.80 bits per heavy atom. The smallest absolute Gasteiger partial charge is 0.327 e. The minimum absolute atomic E-state index is 0.00198. The summed E-state index contributed by atoms with van der Waals surface area (Å²) < 4.78 is 6.31. The molecule has 1 unspecified atom stereocenters. The number of carbonyl (C=O) groups excluding carboxylic acids is 1. The Hall–Kier alpha value is -1.56. The molecule has 0 aromatic carbocycles. The normalized spacial score (nSPS) is 12.4. The van der Waals surface area contributed by atoms with Crippen LogP contribution in [-0.4, -0.2) is 34.1 Å². The van der Waals surface area contributed by atoms with E-state index in [2.05, 4.69) is 5.10 Å². The van der Waals surface area contributed by atoms with E-state index in [1.807, 2.05) is 0 Å². The van der Waals surface area contributed by atoms with Gasteiger partial charge in [0.1, 0.15) is 6.54 Å². The van der Waals surface area contributed by atoms with E-state index < -0.39 is 5.97 Å². The van der Waals surface area contributed by atoms with Crippen molar-refractivity contribution in [3.8, 4) is 0 Å². The summed E-state index contributed by atoms with van der Waals surface area (Å²) in [5.41, 5.74) is 5.94. The van der Waals surface area contributed by atoms with Crippen molar-refractivity contribution in [2.75, 3.05) is 18.9 Å². The SMILES string of the molecule is CC(CO)COC(=O)Cn1cc(N)cn1. The minimum atomic E-state index is -0.390. The Morgan fingerprint density at radius 3 is 3.07 bits per heavy atom. The summed E-state index contributed by atoms with van der Waals surface area (Å²) in [4.78, 5) is 11.2. The van der Waals surface area contributed by atoms with Gasteiger partial charge in [0.2, 0.25) is 0 Å². The number of aliphatic hydroxyl groups is 1. The van der Waals surface area contributed by atoms with E-state index in [4.69, 9.17) is 15.6 Å². The minimum Gasteiger partial charge on any atom is -0.464 e. The third-order valence-electron chi connectivity index (χ3n) is 1.78. The molecule has 1 rings (SSSR count). The second-order valence-electron chi connectivity index (χ2n) is 3.44. The average molecular weight is 213 g/mol. The molecule has 0 spiro atoms. The fourth-order valence-corrected chi connectivity index (χ4v) is 0.932. The zero-order valence-electron chi connectivity index (χ0n) is 8.59. The van der Waals surface area contributed by atoms with Gasteiger partial charge in [-0.25, -0.2) is 0 Å². The van der Waals surface area contributed by atoms with Gasteiger partial charge in [0, 0.05) is 18.7 Å². The van der Waals surface area contributed by atoms with Crippen LogP contribution in [0, 0.1) is 5.92 Å². The number of nitrogen functional groups attached to an aromatic ring is 1. The number of hydrogen-bond donors (Lipinski definition) is 2. The summed E-state index contributed by atoms with van der Waals surface area (Å²) in [7, 11) is 0. The fourth-order valence-electron chi connectivity index (χ4n) is 0.932. The molecular weight excluding hydrogens is 198 g/mol. The first kappa shape index (κ1) is 11.5. The summed E-state index contributed by atoms with van der Waals surface area (Å²) in [5, 5.41) is 12.6. The van der Waals surface area contributed by atoms with Crippen LogP contribution in [0.3, 0.4) is 0 Å². The molecule has 0 saturated carbocycles. The molecule has 0 radical (unpaired) electrons. The van der Waals surface area contributed by atoms with Crippen molar-refractivity contribution < 1.29 is 14.6 Å². The van der Waals surface area contributed by atoms with Gasteiger partial charge >= 0.3 is 5.97 Å². The van der Waals surface area contributed by atoms with Crippen LogP contribution in [0.2, 0.25) is 0 Å². The van der Waals surface area contributed by atoms with Crippen LogP contribution in [0.15, 0.2) is 12.4 Å². The summed E-state index contributed by atoms with van der Waals surface area (Å²) >= 11 is 0. The Kier molecular flexibility index (Phi) is 4.11. The number of nitrogens with zero attached hydrogens (tertiary/aromatic N) is 2. The van der Waals surface area contributed by atoms with E-state index in [0.717, 1.165) is 0 Å². The topological polar surface area (TPSA) is 90.4 Å². The van der Waals surface area contributed by atoms with Gasteiger partial charge in [-0.05, 0) is 0 Å². The second kappa shape index (κ2) is 5.35. The lowest BCUT2D eigenvalue weighted by Gasteiger charge is -2.08. The lowest BCUT2D eigenvalue weighted by molar-refractivity contribution is -0.146. The first-order valence-electron chi connectivity index (χ1n) is 4.66. The van der Waals surface area contributed by atoms with Crippen LogP contribution in [-0.2, 0) is 16.1 Å². The standard InChI is InChI=1S/C9H15N3O3/c1-7(5-13)6-15-9(14)4-12-3-8(10)2-11-12/h2-3,7,13H,4-6,10H2,1H3. The van der Waals surface area contributed by atoms with Crippen LogP contribution in [0.25, 0.3) is 0 Å². The van der Waals surface area contributed by atoms with Gasteiger partial charge < -0.3 is 15.6 Å². The molecule has 1 aromatic rings. The summed E-state index contributed by atoms with van der Waals surface area (Å²) in [6.07, 6.45) is 3.01. The predicted molar refractivity (Wildman–Crippen MR) is 53.8 cm³/mol. The Labute approximate surface area is 87.6 Å². The largest absolute Gasteiger partial charge is 0.464 e. The van der Waals surface area contributed by atoms with Gasteiger partial charge in [0.25, 0.3) is 0 Å². The van der Waals surface area contributed by atoms with E-state index >= 15 is 0 Å². The summed E-state index contributed by atoms with van der Waals surface area (Å²) in [5.74, 6) is -0.435. The maximum atomic E-state index is 11.2. The fraction of sp³-hybridized carbons (Fsp3) is 0.556. The zero-order chi connectivity index (χ0) is 11.3. The van der Waals surface area contributed by atoms with Crippen LogP contribution >= 0.6 is 0 Å². The second-order valence-corrected chi connectivity index (χ2v) is 3.44. The predicted octanol–water partition coefficient (Wildman–Crippen LogP) is -0.363. The van der Waals surface area contributed by atoms with Crippen LogP contribution < -0.4 is 5.73 Å². The highest BCUT2D eigenvalue weighted by Gasteiger charge is 2.07. The van der Waals surface area contributed by atoms with Crippen molar-refractivity contribution in [1.82, 2.24) is 9.78 Å². The number of aromatic nitrogens is 2. The molecule has 0 aliphatic rings. The lowest BCUT2D eigenvalue weighted by Crippen LogP contribution is -2.18. The van der Waals surface area contributed by atoms with Gasteiger partial charge in [0.05, 0.1) is 18.5 Å². The van der Waals surface area contributed by atoms with Gasteiger partial charge in [-0.2, -0.15) is 5.10 Å². The average Bonchev–Trinajstić information content (AvgIpc) is 2.60. The highest BCUT2D eigenvalue weighted by Crippen LogP contribution is 1.99. The van der Waals surface area contributed by atoms with E-state index in [0.29, 0.717) is 5.69 Å². The third-order valence-corrected chi connectivity index (χ3v) is 1.78. The molecule has 0 fully saturated rings. The van der Waals surface area contributed by atoms with Gasteiger partial charge in [-0.3, -0.25) is 9.48 Å². The molecule has 1 atom stereocenters. The molecule has 3 N–H and O–H groups in total. The monoisotopic (exact) mass is 213 g/mol. The van der Waals surface area contributed by atoms with Crippen LogP contribution in [0.5, 0.6) is 0 Å². The van der Waals surface area contributed by atoms with Crippen molar-refractivity contribution in [2.24, 2.45) is 5.92 Å². The van der Waals surface area contributed by atoms with Crippen molar-refractivity contribution in [3.63, 3.8) is 0 Å². The van der Waals surface area contributed by atoms with Crippen molar-refractivity contribution in [2.45, 2.75) is 13.5 Å². The maximum absolute atomic E-state index is 11.2. The van der Waals surface area contributed by atoms with E-state index in [9.17, 15) is 4.79 Å². The Morgan fingerprint density at radius 2 is 2.53 bits per heavy atom. The first-order valence-corrected chi connectivity index (χ1v) is 4.66. The highest BCUT2D eigenvalue weighted by atomic mass is 16.5. The zero-order valence-corrected chi connectivity index (χ0v) is 8.59. The number of nitrogens with two attached hydrogens (primary N) is 1. The van der Waals surface area contributed by atoms with E-state index in [1.165, 1.54) is 10.9 Å². The van der Waals surface area contributed by atoms with Gasteiger partial charge in [0.15, 0.2) is 0 Å². The Bertz CT molecular complexity index is 324. The van der Waals surface area contributed by atoms with E-state index in [-0.39, 0.29) is 25.7 Å². The molecule has 0 aliphatic carbocycles. The van der Waals surface area contributed by atoms with Crippen LogP contribution in [0.1, 0.15) is 6.92 Å². The molecule has 0 bridgehead atoms. The molecule has 84 valence electrons. The third kappa shape index (κ3) is 3.99. The maximum Gasteiger partial charge on any atom is 0.327 e. The van der Waals surface area contributed by atoms with Crippen molar-refractivity contribution >= 4 is 11.7 Å². The first-order chi connectivity index (χ1) is 7.11. The van der Waals surface area contributed by atoms with Crippen molar-refractivity contribution in [3.05, 3.63) is 12.4 Å². The molecule has 15 heavy (non-hydrogen) atoms. The highest BCUT2D eigenvalue weighted by molar-refractivity contribution is 5.69. The quantitative estimate of drug-likeness (QED) is 0.652. The number of esters is 1. The molecular formula is C9H15N3O3. The van der Waals surface area contributed by atoms with Gasteiger partial charge in [-0.1, -0.05) is 6.92 Å². The summed E-state index contributed by atoms with van der Waals surface area (Å²) in [6.45, 7) is 2.04. The van der Waals surface area contributed by atoms with Gasteiger partial charge in [-0.15, -0.1) is 0 Å². The Balaban J connectivity index is 2.30. The molecule has 1 heterocycles. The molecule has 0 aliphatic heterocycles. The molecule has 6 nitrogen and oxygen atoms in total. The number of anilines is 1. The molecule has 0 amide bonds. The molecule has 1 aromatic heterocycles. The number of hydrogen-bond acceptors (Lipinski definition) is 5. The van der Waals surface area contributed by atoms with Crippen molar-refractivity contribution in [1.29, 1.82) is 0 Å².